The predicted molar refractivity (Wildman–Crippen MR) is 109 cm³/mol. The van der Waals surface area contributed by atoms with Crippen LogP contribution in [0.5, 0.6) is 5.75 Å². The van der Waals surface area contributed by atoms with Gasteiger partial charge >= 0.3 is 13.1 Å². The number of nitrogens with one attached hydrogen (secondary N) is 2. The third kappa shape index (κ3) is 6.37. The highest BCUT2D eigenvalue weighted by Crippen LogP contribution is 2.24. The van der Waals surface area contributed by atoms with Crippen molar-refractivity contribution in [2.75, 3.05) is 13.1 Å². The van der Waals surface area contributed by atoms with E-state index in [2.05, 4.69) is 15.8 Å². The van der Waals surface area contributed by atoms with Gasteiger partial charge in [-0.25, -0.2) is 4.79 Å². The molecule has 0 aliphatic carbocycles. The molecule has 0 aromatic heterocycles. The summed E-state index contributed by atoms with van der Waals surface area (Å²) in [6.45, 7) is 1.10. The van der Waals surface area contributed by atoms with Gasteiger partial charge in [-0.2, -0.15) is 4.91 Å². The van der Waals surface area contributed by atoms with Crippen molar-refractivity contribution in [3.8, 4) is 5.75 Å². The van der Waals surface area contributed by atoms with Crippen molar-refractivity contribution < 1.29 is 29.9 Å². The van der Waals surface area contributed by atoms with E-state index in [4.69, 9.17) is 5.11 Å². The number of hydrogen-bond donors (Lipinski definition) is 6. The number of carboxylic acids is 1. The van der Waals surface area contributed by atoms with Gasteiger partial charge in [0.1, 0.15) is 11.3 Å². The fraction of sp³-hybridized carbons (Fsp3) is 0.263. The SMILES string of the molecule is O=NCCNCc1ccc(C(=O)NC(Cc2cccc(C(=O)O)c2O)B(O)O)cc1. The van der Waals surface area contributed by atoms with Crippen LogP contribution in [0, 0.1) is 4.91 Å². The van der Waals surface area contributed by atoms with E-state index in [0.29, 0.717) is 13.1 Å². The summed E-state index contributed by atoms with van der Waals surface area (Å²) in [5, 5.41) is 46.7. The fourth-order valence-electron chi connectivity index (χ4n) is 2.78. The summed E-state index contributed by atoms with van der Waals surface area (Å²) >= 11 is 0. The number of para-hydroxylation sites is 1. The molecular weight excluding hydrogens is 393 g/mol. The quantitative estimate of drug-likeness (QED) is 0.173. The van der Waals surface area contributed by atoms with Gasteiger partial charge in [0.2, 0.25) is 0 Å². The van der Waals surface area contributed by atoms with Gasteiger partial charge in [0.05, 0.1) is 12.5 Å². The van der Waals surface area contributed by atoms with Crippen LogP contribution in [-0.4, -0.2) is 58.3 Å². The van der Waals surface area contributed by atoms with Gasteiger partial charge < -0.3 is 30.9 Å². The molecule has 11 heteroatoms. The zero-order valence-corrected chi connectivity index (χ0v) is 16.0. The molecule has 0 aliphatic heterocycles. The fourth-order valence-corrected chi connectivity index (χ4v) is 2.78. The third-order valence-corrected chi connectivity index (χ3v) is 4.39. The Morgan fingerprint density at radius 2 is 1.80 bits per heavy atom. The molecule has 1 amide bonds. The first-order valence-corrected chi connectivity index (χ1v) is 9.13. The number of rotatable bonds is 11. The molecule has 30 heavy (non-hydrogen) atoms. The molecule has 158 valence electrons. The van der Waals surface area contributed by atoms with E-state index in [0.717, 1.165) is 5.56 Å². The highest BCUT2D eigenvalue weighted by molar-refractivity contribution is 6.43. The van der Waals surface area contributed by atoms with Crippen LogP contribution < -0.4 is 10.6 Å². The number of nitrogens with zero attached hydrogens (tertiary/aromatic N) is 1. The molecule has 0 spiro atoms. The normalized spacial score (nSPS) is 11.5. The van der Waals surface area contributed by atoms with Crippen LogP contribution in [0.15, 0.2) is 47.6 Å². The Hall–Kier alpha value is -3.28. The van der Waals surface area contributed by atoms with Crippen molar-refractivity contribution in [2.24, 2.45) is 5.18 Å². The van der Waals surface area contributed by atoms with E-state index in [1.807, 2.05) is 0 Å². The summed E-state index contributed by atoms with van der Waals surface area (Å²) in [5.74, 6) is -3.56. The zero-order valence-electron chi connectivity index (χ0n) is 16.0. The Bertz CT molecular complexity index is 890. The number of carbonyl (C=O) groups is 2. The Morgan fingerprint density at radius 3 is 2.40 bits per heavy atom. The Balaban J connectivity index is 2.05. The highest BCUT2D eigenvalue weighted by Gasteiger charge is 2.28. The lowest BCUT2D eigenvalue weighted by Gasteiger charge is -2.19. The largest absolute Gasteiger partial charge is 0.507 e. The number of hydrogen-bond acceptors (Lipinski definition) is 8. The van der Waals surface area contributed by atoms with Gasteiger partial charge in [-0.3, -0.25) is 4.79 Å². The lowest BCUT2D eigenvalue weighted by Crippen LogP contribution is -2.47. The van der Waals surface area contributed by atoms with Crippen molar-refractivity contribution >= 4 is 19.0 Å². The zero-order chi connectivity index (χ0) is 22.1. The number of aromatic carboxylic acids is 1. The first-order valence-electron chi connectivity index (χ1n) is 9.13. The van der Waals surface area contributed by atoms with E-state index in [9.17, 15) is 29.7 Å². The predicted octanol–water partition coefficient (Wildman–Crippen LogP) is 0.299. The van der Waals surface area contributed by atoms with E-state index in [-0.39, 0.29) is 29.7 Å². The van der Waals surface area contributed by atoms with Crippen molar-refractivity contribution in [3.63, 3.8) is 0 Å². The van der Waals surface area contributed by atoms with Crippen molar-refractivity contribution in [3.05, 3.63) is 69.6 Å². The second kappa shape index (κ2) is 11.1. The van der Waals surface area contributed by atoms with Crippen molar-refractivity contribution in [2.45, 2.75) is 18.9 Å². The highest BCUT2D eigenvalue weighted by atomic mass is 16.4. The second-order valence-corrected chi connectivity index (χ2v) is 6.54. The molecule has 0 saturated heterocycles. The summed E-state index contributed by atoms with van der Waals surface area (Å²) in [6, 6.07) is 10.6. The van der Waals surface area contributed by atoms with E-state index >= 15 is 0 Å². The minimum atomic E-state index is -1.93. The molecule has 0 bridgehead atoms. The summed E-state index contributed by atoms with van der Waals surface area (Å²) in [5.41, 5.74) is 0.992. The minimum absolute atomic E-state index is 0.152. The first-order chi connectivity index (χ1) is 14.3. The first kappa shape index (κ1) is 23.0. The van der Waals surface area contributed by atoms with E-state index < -0.39 is 30.7 Å². The van der Waals surface area contributed by atoms with Crippen LogP contribution in [0.25, 0.3) is 0 Å². The Morgan fingerprint density at radius 1 is 1.10 bits per heavy atom. The van der Waals surface area contributed by atoms with Gasteiger partial charge in [-0.05, 0) is 35.7 Å². The summed E-state index contributed by atoms with van der Waals surface area (Å²) in [4.78, 5) is 33.6. The summed E-state index contributed by atoms with van der Waals surface area (Å²) in [6.07, 6.45) is -0.191. The van der Waals surface area contributed by atoms with E-state index in [1.54, 1.807) is 24.3 Å². The van der Waals surface area contributed by atoms with Crippen LogP contribution in [0.2, 0.25) is 0 Å². The molecular formula is C19H22BN3O7. The smallest absolute Gasteiger partial charge is 0.475 e. The van der Waals surface area contributed by atoms with Gasteiger partial charge in [-0.1, -0.05) is 29.4 Å². The monoisotopic (exact) mass is 415 g/mol. The number of amides is 1. The average molecular weight is 415 g/mol. The van der Waals surface area contributed by atoms with Crippen LogP contribution in [0.4, 0.5) is 0 Å². The number of aromatic hydroxyl groups is 1. The molecule has 2 aromatic carbocycles. The van der Waals surface area contributed by atoms with Crippen LogP contribution in [-0.2, 0) is 13.0 Å². The minimum Gasteiger partial charge on any atom is -0.507 e. The lowest BCUT2D eigenvalue weighted by atomic mass is 9.75. The second-order valence-electron chi connectivity index (χ2n) is 6.54. The number of phenols is 1. The van der Waals surface area contributed by atoms with Gasteiger partial charge in [0, 0.05) is 18.7 Å². The van der Waals surface area contributed by atoms with Crippen LogP contribution in [0.1, 0.15) is 31.8 Å². The topological polar surface area (TPSA) is 169 Å². The van der Waals surface area contributed by atoms with Crippen molar-refractivity contribution in [1.29, 1.82) is 0 Å². The number of benzene rings is 2. The van der Waals surface area contributed by atoms with Crippen LogP contribution in [0.3, 0.4) is 0 Å². The maximum absolute atomic E-state index is 12.5. The molecule has 1 unspecified atom stereocenters. The molecule has 0 saturated carbocycles. The van der Waals surface area contributed by atoms with Gasteiger partial charge in [-0.15, -0.1) is 0 Å². The number of nitroso groups, excluding NO2 is 1. The summed E-state index contributed by atoms with van der Waals surface area (Å²) < 4.78 is 0. The molecule has 0 fully saturated rings. The standard InChI is InChI=1S/C19H22BN3O7/c24-17-14(2-1-3-15(17)19(26)27)10-16(20(28)29)23-18(25)13-6-4-12(5-7-13)11-21-8-9-22-30/h1-7,16,21,24,28-29H,8-11H2,(H,23,25)(H,26,27). The Kier molecular flexibility index (Phi) is 8.47. The molecule has 2 rings (SSSR count). The maximum Gasteiger partial charge on any atom is 0.475 e. The lowest BCUT2D eigenvalue weighted by molar-refractivity contribution is 0.0693. The molecule has 10 nitrogen and oxygen atoms in total. The van der Waals surface area contributed by atoms with E-state index in [1.165, 1.54) is 18.2 Å². The van der Waals surface area contributed by atoms with Gasteiger partial charge in [0.25, 0.3) is 5.91 Å². The molecule has 0 aliphatic rings. The molecule has 2 aromatic rings. The Labute approximate surface area is 172 Å². The molecule has 0 radical (unpaired) electrons. The number of carbonyl (C=O) groups excluding carboxylic acids is 1. The molecule has 1 atom stereocenters. The molecule has 0 heterocycles. The number of carboxylic acid groups (broad SMARTS) is 1. The third-order valence-electron chi connectivity index (χ3n) is 4.39. The molecule has 6 N–H and O–H groups in total. The van der Waals surface area contributed by atoms with Crippen LogP contribution >= 0.6 is 0 Å². The maximum atomic E-state index is 12.5. The summed E-state index contributed by atoms with van der Waals surface area (Å²) in [7, 11) is -1.93. The average Bonchev–Trinajstić information content (AvgIpc) is 2.72. The van der Waals surface area contributed by atoms with Crippen molar-refractivity contribution in [1.82, 2.24) is 10.6 Å². The van der Waals surface area contributed by atoms with Gasteiger partial charge in [0.15, 0.2) is 0 Å².